The second-order valence-corrected chi connectivity index (χ2v) is 2.70. The van der Waals surface area contributed by atoms with Gasteiger partial charge in [-0.3, -0.25) is 0 Å². The molecule has 1 aliphatic rings. The number of aliphatic hydroxyl groups is 1. The Balaban J connectivity index is 0.000000720. The maximum Gasteiger partial charge on any atom is 0.122 e. The third kappa shape index (κ3) is 1.54. The minimum Gasteiger partial charge on any atom is -0.493 e. The van der Waals surface area contributed by atoms with Gasteiger partial charge in [-0.25, -0.2) is 0 Å². The minimum atomic E-state index is 0. The molecule has 12 heavy (non-hydrogen) atoms. The van der Waals surface area contributed by atoms with Crippen molar-refractivity contribution in [2.75, 3.05) is 6.61 Å². The molecule has 1 aromatic rings. The Morgan fingerprint density at radius 2 is 2.25 bits per heavy atom. The number of fused-ring (bicyclic) bond motifs is 1. The van der Waals surface area contributed by atoms with Crippen molar-refractivity contribution in [3.05, 3.63) is 29.3 Å². The topological polar surface area (TPSA) is 29.5 Å². The second kappa shape index (κ2) is 3.78. The highest BCUT2D eigenvalue weighted by atomic mass is 35.5. The molecule has 3 heteroatoms. The first-order valence-corrected chi connectivity index (χ1v) is 3.75. The molecule has 66 valence electrons. The van der Waals surface area contributed by atoms with Crippen molar-refractivity contribution < 1.29 is 9.84 Å². The molecule has 0 bridgehead atoms. The Labute approximate surface area is 77.6 Å². The molecule has 2 nitrogen and oxygen atoms in total. The first-order chi connectivity index (χ1) is 5.40. The van der Waals surface area contributed by atoms with Crippen molar-refractivity contribution in [3.63, 3.8) is 0 Å². The normalized spacial score (nSPS) is 13.1. The first kappa shape index (κ1) is 9.36. The lowest BCUT2D eigenvalue weighted by Gasteiger charge is -2.00. The Morgan fingerprint density at radius 3 is 3.00 bits per heavy atom. The van der Waals surface area contributed by atoms with E-state index in [9.17, 15) is 0 Å². The van der Waals surface area contributed by atoms with Gasteiger partial charge < -0.3 is 9.84 Å². The van der Waals surface area contributed by atoms with Crippen LogP contribution >= 0.6 is 12.4 Å². The molecule has 0 spiro atoms. The van der Waals surface area contributed by atoms with Crippen LogP contribution in [0.4, 0.5) is 0 Å². The lowest BCUT2D eigenvalue weighted by atomic mass is 10.1. The van der Waals surface area contributed by atoms with Crippen molar-refractivity contribution in [3.8, 4) is 5.75 Å². The van der Waals surface area contributed by atoms with Gasteiger partial charge in [-0.1, -0.05) is 12.1 Å². The Bertz CT molecular complexity index is 273. The molecule has 2 rings (SSSR count). The van der Waals surface area contributed by atoms with Crippen LogP contribution in [-0.4, -0.2) is 11.7 Å². The van der Waals surface area contributed by atoms with Gasteiger partial charge in [-0.15, -0.1) is 12.4 Å². The molecule has 1 aromatic carbocycles. The van der Waals surface area contributed by atoms with E-state index in [1.54, 1.807) is 0 Å². The smallest absolute Gasteiger partial charge is 0.122 e. The summed E-state index contributed by atoms with van der Waals surface area (Å²) in [6.45, 7) is 0.876. The number of ether oxygens (including phenoxy) is 1. The molecular formula is C9H11ClO2. The zero-order valence-electron chi connectivity index (χ0n) is 6.62. The fraction of sp³-hybridized carbons (Fsp3) is 0.333. The Hall–Kier alpha value is -0.730. The van der Waals surface area contributed by atoms with Crippen molar-refractivity contribution in [1.82, 2.24) is 0 Å². The summed E-state index contributed by atoms with van der Waals surface area (Å²) in [6, 6.07) is 5.86. The van der Waals surface area contributed by atoms with Crippen LogP contribution in [-0.2, 0) is 13.0 Å². The van der Waals surface area contributed by atoms with Gasteiger partial charge in [-0.05, 0) is 17.2 Å². The number of aliphatic hydroxyl groups excluding tert-OH is 1. The van der Waals surface area contributed by atoms with Crippen LogP contribution in [0.15, 0.2) is 18.2 Å². The number of rotatable bonds is 1. The summed E-state index contributed by atoms with van der Waals surface area (Å²) in [7, 11) is 0. The highest BCUT2D eigenvalue weighted by Crippen LogP contribution is 2.25. The maximum absolute atomic E-state index is 8.81. The maximum atomic E-state index is 8.81. The van der Waals surface area contributed by atoms with E-state index in [0.717, 1.165) is 24.3 Å². The van der Waals surface area contributed by atoms with Crippen molar-refractivity contribution >= 4 is 12.4 Å². The molecule has 1 aliphatic heterocycles. The largest absolute Gasteiger partial charge is 0.493 e. The summed E-state index contributed by atoms with van der Waals surface area (Å²) in [6.07, 6.45) is 1.00. The molecular weight excluding hydrogens is 176 g/mol. The third-order valence-corrected chi connectivity index (χ3v) is 1.94. The standard InChI is InChI=1S/C9H10O2.ClH/c10-6-7-1-2-8-3-4-11-9(8)5-7;/h1-2,5,10H,3-4,6H2;1H. The Kier molecular flexibility index (Phi) is 2.95. The minimum absolute atomic E-state index is 0. The summed E-state index contributed by atoms with van der Waals surface area (Å²) in [5.74, 6) is 0.941. The van der Waals surface area contributed by atoms with E-state index in [0.29, 0.717) is 0 Å². The average molecular weight is 187 g/mol. The van der Waals surface area contributed by atoms with E-state index in [1.807, 2.05) is 18.2 Å². The monoisotopic (exact) mass is 186 g/mol. The van der Waals surface area contributed by atoms with Gasteiger partial charge >= 0.3 is 0 Å². The van der Waals surface area contributed by atoms with Crippen LogP contribution in [0.25, 0.3) is 0 Å². The predicted molar refractivity (Wildman–Crippen MR) is 48.8 cm³/mol. The quantitative estimate of drug-likeness (QED) is 0.721. The van der Waals surface area contributed by atoms with Crippen LogP contribution in [0.2, 0.25) is 0 Å². The molecule has 0 radical (unpaired) electrons. The summed E-state index contributed by atoms with van der Waals surface area (Å²) >= 11 is 0. The van der Waals surface area contributed by atoms with Crippen LogP contribution in [0.3, 0.4) is 0 Å². The van der Waals surface area contributed by atoms with Gasteiger partial charge in [0.05, 0.1) is 13.2 Å². The lowest BCUT2D eigenvalue weighted by molar-refractivity contribution is 0.280. The SMILES string of the molecule is Cl.OCc1ccc2c(c1)OCC2. The van der Waals surface area contributed by atoms with Crippen LogP contribution < -0.4 is 4.74 Å². The summed E-state index contributed by atoms with van der Waals surface area (Å²) < 4.78 is 5.33. The molecule has 0 aromatic heterocycles. The lowest BCUT2D eigenvalue weighted by Crippen LogP contribution is -1.87. The number of halogens is 1. The van der Waals surface area contributed by atoms with Gasteiger partial charge in [0.25, 0.3) is 0 Å². The molecule has 0 saturated carbocycles. The fourth-order valence-electron chi connectivity index (χ4n) is 1.31. The van der Waals surface area contributed by atoms with Gasteiger partial charge in [-0.2, -0.15) is 0 Å². The van der Waals surface area contributed by atoms with E-state index in [2.05, 4.69) is 0 Å². The molecule has 0 atom stereocenters. The van der Waals surface area contributed by atoms with Gasteiger partial charge in [0.1, 0.15) is 5.75 Å². The zero-order valence-corrected chi connectivity index (χ0v) is 7.43. The van der Waals surface area contributed by atoms with Crippen LogP contribution in [0, 0.1) is 0 Å². The van der Waals surface area contributed by atoms with E-state index >= 15 is 0 Å². The second-order valence-electron chi connectivity index (χ2n) is 2.70. The van der Waals surface area contributed by atoms with Crippen LogP contribution in [0.5, 0.6) is 5.75 Å². The molecule has 0 unspecified atom stereocenters. The van der Waals surface area contributed by atoms with E-state index < -0.39 is 0 Å². The van der Waals surface area contributed by atoms with Gasteiger partial charge in [0.15, 0.2) is 0 Å². The predicted octanol–water partition coefficient (Wildman–Crippen LogP) is 1.54. The average Bonchev–Trinajstić information content (AvgIpc) is 2.50. The van der Waals surface area contributed by atoms with Gasteiger partial charge in [0, 0.05) is 6.42 Å². The van der Waals surface area contributed by atoms with Crippen LogP contribution in [0.1, 0.15) is 11.1 Å². The highest BCUT2D eigenvalue weighted by Gasteiger charge is 2.10. The zero-order chi connectivity index (χ0) is 7.68. The molecule has 0 aliphatic carbocycles. The molecule has 1 N–H and O–H groups in total. The number of hydrogen-bond acceptors (Lipinski definition) is 2. The molecule has 0 saturated heterocycles. The van der Waals surface area contributed by atoms with E-state index in [-0.39, 0.29) is 19.0 Å². The summed E-state index contributed by atoms with van der Waals surface area (Å²) in [5.41, 5.74) is 2.17. The van der Waals surface area contributed by atoms with E-state index in [4.69, 9.17) is 9.84 Å². The first-order valence-electron chi connectivity index (χ1n) is 3.75. The summed E-state index contributed by atoms with van der Waals surface area (Å²) in [4.78, 5) is 0. The summed E-state index contributed by atoms with van der Waals surface area (Å²) in [5, 5.41) is 8.81. The Morgan fingerprint density at radius 1 is 1.42 bits per heavy atom. The molecule has 0 fully saturated rings. The fourth-order valence-corrected chi connectivity index (χ4v) is 1.31. The van der Waals surface area contributed by atoms with Gasteiger partial charge in [0.2, 0.25) is 0 Å². The van der Waals surface area contributed by atoms with Crippen molar-refractivity contribution in [2.24, 2.45) is 0 Å². The van der Waals surface area contributed by atoms with E-state index in [1.165, 1.54) is 5.56 Å². The van der Waals surface area contributed by atoms with Crippen molar-refractivity contribution in [2.45, 2.75) is 13.0 Å². The van der Waals surface area contributed by atoms with Crippen molar-refractivity contribution in [1.29, 1.82) is 0 Å². The number of hydrogen-bond donors (Lipinski definition) is 1. The third-order valence-electron chi connectivity index (χ3n) is 1.94. The molecule has 1 heterocycles. The number of benzene rings is 1. The molecule has 0 amide bonds. The highest BCUT2D eigenvalue weighted by molar-refractivity contribution is 5.85.